The van der Waals surface area contributed by atoms with E-state index in [2.05, 4.69) is 20.3 Å². The summed E-state index contributed by atoms with van der Waals surface area (Å²) in [6, 6.07) is 15.6. The number of benzene rings is 2. The Labute approximate surface area is 165 Å². The number of thiazole rings is 1. The van der Waals surface area contributed by atoms with Crippen LogP contribution in [0.15, 0.2) is 67.0 Å². The van der Waals surface area contributed by atoms with E-state index in [9.17, 15) is 9.18 Å². The lowest BCUT2D eigenvalue weighted by Crippen LogP contribution is -2.12. The zero-order valence-corrected chi connectivity index (χ0v) is 15.7. The third-order valence-corrected chi connectivity index (χ3v) is 4.97. The maximum absolute atomic E-state index is 13.1. The molecule has 28 heavy (non-hydrogen) atoms. The number of halogens is 1. The zero-order chi connectivity index (χ0) is 19.5. The van der Waals surface area contributed by atoms with Crippen LogP contribution in [0.5, 0.6) is 0 Å². The molecule has 0 aliphatic rings. The smallest absolute Gasteiger partial charge is 0.260 e. The topological polar surface area (TPSA) is 67.8 Å². The average molecular weight is 390 g/mol. The van der Waals surface area contributed by atoms with Crippen molar-refractivity contribution in [2.75, 3.05) is 5.32 Å². The van der Waals surface area contributed by atoms with E-state index in [0.29, 0.717) is 16.5 Å². The first-order chi connectivity index (χ1) is 13.6. The Morgan fingerprint density at radius 3 is 2.32 bits per heavy atom. The molecule has 0 unspecified atom stereocenters. The number of nitrogens with zero attached hydrogens (tertiary/aromatic N) is 3. The number of rotatable bonds is 4. The first-order valence-electron chi connectivity index (χ1n) is 8.52. The Morgan fingerprint density at radius 1 is 0.964 bits per heavy atom. The molecule has 4 aromatic rings. The number of carbonyl (C=O) groups is 1. The molecule has 7 heteroatoms. The number of hydrogen-bond donors (Lipinski definition) is 1. The van der Waals surface area contributed by atoms with Gasteiger partial charge in [-0.2, -0.15) is 0 Å². The van der Waals surface area contributed by atoms with Gasteiger partial charge in [0.1, 0.15) is 5.82 Å². The normalized spacial score (nSPS) is 10.6. The molecule has 0 radical (unpaired) electrons. The Balaban J connectivity index is 1.51. The van der Waals surface area contributed by atoms with Crippen LogP contribution in [0.2, 0.25) is 0 Å². The number of carbonyl (C=O) groups excluding carboxylic acids is 1. The zero-order valence-electron chi connectivity index (χ0n) is 14.9. The first kappa shape index (κ1) is 17.9. The maximum Gasteiger partial charge on any atom is 0.260 e. The van der Waals surface area contributed by atoms with Crippen LogP contribution in [0.25, 0.3) is 22.6 Å². The summed E-state index contributed by atoms with van der Waals surface area (Å²) in [5.74, 6) is -0.0797. The minimum Gasteiger partial charge on any atom is -0.298 e. The molecular weight excluding hydrogens is 375 g/mol. The van der Waals surface area contributed by atoms with Gasteiger partial charge < -0.3 is 0 Å². The summed E-state index contributed by atoms with van der Waals surface area (Å²) in [7, 11) is 0. The lowest BCUT2D eigenvalue weighted by molar-refractivity contribution is 0.102. The van der Waals surface area contributed by atoms with E-state index < -0.39 is 0 Å². The SMILES string of the molecule is Cc1sc(NC(=O)c2cnc(-c3ccccc3)nc2)nc1-c1ccc(F)cc1. The van der Waals surface area contributed by atoms with Crippen molar-refractivity contribution in [3.8, 4) is 22.6 Å². The van der Waals surface area contributed by atoms with Gasteiger partial charge in [0.05, 0.1) is 11.3 Å². The predicted molar refractivity (Wildman–Crippen MR) is 108 cm³/mol. The minimum atomic E-state index is -0.334. The second-order valence-corrected chi connectivity index (χ2v) is 7.25. The minimum absolute atomic E-state index is 0.302. The quantitative estimate of drug-likeness (QED) is 0.534. The molecule has 0 aliphatic heterocycles. The van der Waals surface area contributed by atoms with Gasteiger partial charge in [0, 0.05) is 28.4 Å². The fourth-order valence-corrected chi connectivity index (χ4v) is 3.51. The van der Waals surface area contributed by atoms with Gasteiger partial charge in [-0.3, -0.25) is 10.1 Å². The number of amides is 1. The number of anilines is 1. The van der Waals surface area contributed by atoms with Crippen LogP contribution in [-0.2, 0) is 0 Å². The fraction of sp³-hybridized carbons (Fsp3) is 0.0476. The number of aryl methyl sites for hydroxylation is 1. The van der Waals surface area contributed by atoms with Crippen molar-refractivity contribution in [1.29, 1.82) is 0 Å². The molecule has 0 saturated heterocycles. The van der Waals surface area contributed by atoms with Crippen LogP contribution in [0.1, 0.15) is 15.2 Å². The van der Waals surface area contributed by atoms with Gasteiger partial charge in [-0.25, -0.2) is 19.3 Å². The van der Waals surface area contributed by atoms with Gasteiger partial charge in [0.25, 0.3) is 5.91 Å². The van der Waals surface area contributed by atoms with Crippen LogP contribution in [0.3, 0.4) is 0 Å². The van der Waals surface area contributed by atoms with Gasteiger partial charge >= 0.3 is 0 Å². The molecule has 2 aromatic carbocycles. The molecule has 4 rings (SSSR count). The third-order valence-electron chi connectivity index (χ3n) is 4.08. The average Bonchev–Trinajstić information content (AvgIpc) is 3.09. The Bertz CT molecular complexity index is 1110. The summed E-state index contributed by atoms with van der Waals surface area (Å²) in [5, 5.41) is 3.24. The molecule has 0 spiro atoms. The second kappa shape index (κ2) is 7.66. The van der Waals surface area contributed by atoms with Crippen molar-refractivity contribution in [2.24, 2.45) is 0 Å². The van der Waals surface area contributed by atoms with Crippen LogP contribution in [-0.4, -0.2) is 20.9 Å². The van der Waals surface area contributed by atoms with Crippen molar-refractivity contribution < 1.29 is 9.18 Å². The molecule has 5 nitrogen and oxygen atoms in total. The molecule has 1 N–H and O–H groups in total. The Hall–Kier alpha value is -3.45. The molecule has 0 bridgehead atoms. The van der Waals surface area contributed by atoms with Crippen molar-refractivity contribution in [3.05, 3.63) is 83.2 Å². The van der Waals surface area contributed by atoms with E-state index >= 15 is 0 Å². The number of hydrogen-bond acceptors (Lipinski definition) is 5. The van der Waals surface area contributed by atoms with Gasteiger partial charge in [-0.15, -0.1) is 11.3 Å². The molecule has 0 fully saturated rings. The van der Waals surface area contributed by atoms with Crippen molar-refractivity contribution in [2.45, 2.75) is 6.92 Å². The molecule has 2 aromatic heterocycles. The van der Waals surface area contributed by atoms with Crippen molar-refractivity contribution >= 4 is 22.4 Å². The molecular formula is C21H15FN4OS. The van der Waals surface area contributed by atoms with Gasteiger partial charge in [-0.05, 0) is 31.2 Å². The van der Waals surface area contributed by atoms with E-state index in [1.54, 1.807) is 12.1 Å². The highest BCUT2D eigenvalue weighted by molar-refractivity contribution is 7.16. The largest absolute Gasteiger partial charge is 0.298 e. The fourth-order valence-electron chi connectivity index (χ4n) is 2.68. The number of aromatic nitrogens is 3. The highest BCUT2D eigenvalue weighted by Gasteiger charge is 2.14. The summed E-state index contributed by atoms with van der Waals surface area (Å²) >= 11 is 1.36. The standard InChI is InChI=1S/C21H15FN4OS/c1-13-18(14-7-9-17(22)10-8-14)25-21(28-13)26-20(27)16-11-23-19(24-12-16)15-5-3-2-4-6-15/h2-12H,1H3,(H,25,26,27). The predicted octanol–water partition coefficient (Wildman–Crippen LogP) is 4.97. The Morgan fingerprint density at radius 2 is 1.64 bits per heavy atom. The number of nitrogens with one attached hydrogen (secondary N) is 1. The maximum atomic E-state index is 13.1. The highest BCUT2D eigenvalue weighted by atomic mass is 32.1. The summed E-state index contributed by atoms with van der Waals surface area (Å²) in [5.41, 5.74) is 2.74. The van der Waals surface area contributed by atoms with E-state index in [1.807, 2.05) is 37.3 Å². The molecule has 0 aliphatic carbocycles. The lowest BCUT2D eigenvalue weighted by atomic mass is 10.1. The van der Waals surface area contributed by atoms with Gasteiger partial charge in [0.2, 0.25) is 0 Å². The van der Waals surface area contributed by atoms with E-state index in [-0.39, 0.29) is 11.7 Å². The molecule has 2 heterocycles. The van der Waals surface area contributed by atoms with E-state index in [0.717, 1.165) is 21.7 Å². The molecule has 138 valence electrons. The first-order valence-corrected chi connectivity index (χ1v) is 9.34. The Kier molecular flexibility index (Phi) is 4.90. The van der Waals surface area contributed by atoms with Crippen LogP contribution in [0.4, 0.5) is 9.52 Å². The van der Waals surface area contributed by atoms with E-state index in [4.69, 9.17) is 0 Å². The van der Waals surface area contributed by atoms with Crippen LogP contribution in [0, 0.1) is 12.7 Å². The molecule has 0 saturated carbocycles. The summed E-state index contributed by atoms with van der Waals surface area (Å²) in [6.45, 7) is 1.91. The summed E-state index contributed by atoms with van der Waals surface area (Å²) in [6.07, 6.45) is 2.98. The monoisotopic (exact) mass is 390 g/mol. The second-order valence-electron chi connectivity index (χ2n) is 6.05. The van der Waals surface area contributed by atoms with Crippen molar-refractivity contribution in [1.82, 2.24) is 15.0 Å². The summed E-state index contributed by atoms with van der Waals surface area (Å²) < 4.78 is 13.1. The lowest BCUT2D eigenvalue weighted by Gasteiger charge is -2.03. The van der Waals surface area contributed by atoms with E-state index in [1.165, 1.54) is 35.9 Å². The van der Waals surface area contributed by atoms with Crippen molar-refractivity contribution in [3.63, 3.8) is 0 Å². The molecule has 0 atom stereocenters. The van der Waals surface area contributed by atoms with Crippen LogP contribution >= 0.6 is 11.3 Å². The molecule has 1 amide bonds. The van der Waals surface area contributed by atoms with Crippen LogP contribution < -0.4 is 5.32 Å². The highest BCUT2D eigenvalue weighted by Crippen LogP contribution is 2.30. The van der Waals surface area contributed by atoms with Gasteiger partial charge in [0.15, 0.2) is 11.0 Å². The summed E-state index contributed by atoms with van der Waals surface area (Å²) in [4.78, 5) is 26.4. The van der Waals surface area contributed by atoms with Gasteiger partial charge in [-0.1, -0.05) is 30.3 Å². The third kappa shape index (κ3) is 3.79.